The van der Waals surface area contributed by atoms with E-state index in [0.29, 0.717) is 17.5 Å². The highest BCUT2D eigenvalue weighted by Gasteiger charge is 2.29. The molecule has 31 heavy (non-hydrogen) atoms. The Bertz CT molecular complexity index is 1260. The van der Waals surface area contributed by atoms with Gasteiger partial charge in [0.15, 0.2) is 0 Å². The van der Waals surface area contributed by atoms with Gasteiger partial charge in [-0.05, 0) is 60.7 Å². The molecule has 0 amide bonds. The number of fused-ring (bicyclic) bond motifs is 1. The maximum atomic E-state index is 11.8. The zero-order valence-corrected chi connectivity index (χ0v) is 18.3. The Kier molecular flexibility index (Phi) is 5.08. The largest absolute Gasteiger partial charge is 0.352 e. The van der Waals surface area contributed by atoms with Crippen LogP contribution in [0.1, 0.15) is 35.7 Å². The molecule has 7 nitrogen and oxygen atoms in total. The number of nitrogens with one attached hydrogen (secondary N) is 1. The molecule has 3 aromatic rings. The van der Waals surface area contributed by atoms with Gasteiger partial charge >= 0.3 is 0 Å². The smallest absolute Gasteiger partial charge is 0.238 e. The van der Waals surface area contributed by atoms with Crippen molar-refractivity contribution in [3.05, 3.63) is 70.5 Å². The molecule has 0 atom stereocenters. The molecule has 3 N–H and O–H groups in total. The summed E-state index contributed by atoms with van der Waals surface area (Å²) >= 11 is 6.12. The number of hydrogen-bond donors (Lipinski definition) is 2. The highest BCUT2D eigenvalue weighted by atomic mass is 35.5. The van der Waals surface area contributed by atoms with Crippen LogP contribution in [-0.2, 0) is 23.0 Å². The fraction of sp³-hybridized carbons (Fsp3) is 0.273. The van der Waals surface area contributed by atoms with E-state index in [9.17, 15) is 8.42 Å². The lowest BCUT2D eigenvalue weighted by atomic mass is 10.00. The van der Waals surface area contributed by atoms with Gasteiger partial charge in [0.1, 0.15) is 17.5 Å². The molecule has 1 saturated carbocycles. The molecule has 0 radical (unpaired) electrons. The average Bonchev–Trinajstić information content (AvgIpc) is 3.57. The quantitative estimate of drug-likeness (QED) is 0.603. The fourth-order valence-electron chi connectivity index (χ4n) is 3.82. The summed E-state index contributed by atoms with van der Waals surface area (Å²) in [6, 6.07) is 14.5. The standard InChI is InChI=1S/C22H22ClN5O2S/c23-17-2-1-3-18(11-17)25-20-12-21(27-22(26-20)15-4-5-15)28-9-8-14-6-7-19(31(24,29)30)10-16(14)13-28/h1-3,6-7,10-12,15H,4-5,8-9,13H2,(H2,24,29,30)(H,25,26,27). The molecule has 0 unspecified atom stereocenters. The minimum Gasteiger partial charge on any atom is -0.352 e. The van der Waals surface area contributed by atoms with Crippen LogP contribution in [-0.4, -0.2) is 24.9 Å². The van der Waals surface area contributed by atoms with Gasteiger partial charge in [-0.15, -0.1) is 0 Å². The maximum Gasteiger partial charge on any atom is 0.238 e. The molecule has 1 aliphatic carbocycles. The lowest BCUT2D eigenvalue weighted by Crippen LogP contribution is -2.31. The highest BCUT2D eigenvalue weighted by molar-refractivity contribution is 7.89. The van der Waals surface area contributed by atoms with Gasteiger partial charge in [0.05, 0.1) is 4.90 Å². The van der Waals surface area contributed by atoms with Crippen molar-refractivity contribution in [1.82, 2.24) is 9.97 Å². The monoisotopic (exact) mass is 455 g/mol. The third-order valence-electron chi connectivity index (χ3n) is 5.61. The van der Waals surface area contributed by atoms with E-state index in [0.717, 1.165) is 60.1 Å². The topological polar surface area (TPSA) is 101 Å². The number of primary sulfonamides is 1. The van der Waals surface area contributed by atoms with E-state index in [-0.39, 0.29) is 4.90 Å². The first-order chi connectivity index (χ1) is 14.8. The van der Waals surface area contributed by atoms with E-state index in [2.05, 4.69) is 10.2 Å². The molecule has 1 aromatic heterocycles. The number of benzene rings is 2. The zero-order chi connectivity index (χ0) is 21.6. The molecule has 0 saturated heterocycles. The summed E-state index contributed by atoms with van der Waals surface area (Å²) in [5.74, 6) is 2.78. The number of halogens is 1. The van der Waals surface area contributed by atoms with Crippen LogP contribution in [0.4, 0.5) is 17.3 Å². The second-order valence-corrected chi connectivity index (χ2v) is 10.0. The first kappa shape index (κ1) is 20.2. The van der Waals surface area contributed by atoms with Gasteiger partial charge in [0.2, 0.25) is 10.0 Å². The molecule has 0 spiro atoms. The minimum atomic E-state index is -3.74. The second-order valence-electron chi connectivity index (χ2n) is 8.03. The van der Waals surface area contributed by atoms with Crippen LogP contribution in [0.15, 0.2) is 53.4 Å². The molecule has 0 bridgehead atoms. The molecule has 1 fully saturated rings. The molecule has 1 aliphatic heterocycles. The van der Waals surface area contributed by atoms with Gasteiger partial charge in [0, 0.05) is 35.8 Å². The Balaban J connectivity index is 1.46. The van der Waals surface area contributed by atoms with Crippen LogP contribution in [0, 0.1) is 0 Å². The number of rotatable bonds is 5. The van der Waals surface area contributed by atoms with Gasteiger partial charge in [0.25, 0.3) is 0 Å². The van der Waals surface area contributed by atoms with Crippen molar-refractivity contribution in [1.29, 1.82) is 0 Å². The molecular weight excluding hydrogens is 434 g/mol. The van der Waals surface area contributed by atoms with Crippen LogP contribution in [0.2, 0.25) is 5.02 Å². The van der Waals surface area contributed by atoms with Crippen molar-refractivity contribution < 1.29 is 8.42 Å². The third-order valence-corrected chi connectivity index (χ3v) is 6.76. The Morgan fingerprint density at radius 2 is 1.90 bits per heavy atom. The van der Waals surface area contributed by atoms with Crippen LogP contribution >= 0.6 is 11.6 Å². The Morgan fingerprint density at radius 1 is 1.06 bits per heavy atom. The Morgan fingerprint density at radius 3 is 2.65 bits per heavy atom. The Hall–Kier alpha value is -2.68. The van der Waals surface area contributed by atoms with E-state index in [1.807, 2.05) is 36.4 Å². The fourth-order valence-corrected chi connectivity index (χ4v) is 4.58. The third kappa shape index (κ3) is 4.51. The summed E-state index contributed by atoms with van der Waals surface area (Å²) in [6.07, 6.45) is 3.00. The van der Waals surface area contributed by atoms with Gasteiger partial charge in [-0.3, -0.25) is 0 Å². The summed E-state index contributed by atoms with van der Waals surface area (Å²) in [6.45, 7) is 1.36. The van der Waals surface area contributed by atoms with Gasteiger partial charge < -0.3 is 10.2 Å². The predicted octanol–water partition coefficient (Wildman–Crippen LogP) is 3.96. The van der Waals surface area contributed by atoms with Crippen molar-refractivity contribution >= 4 is 38.9 Å². The van der Waals surface area contributed by atoms with E-state index >= 15 is 0 Å². The van der Waals surface area contributed by atoms with Crippen LogP contribution in [0.3, 0.4) is 0 Å². The van der Waals surface area contributed by atoms with Crippen molar-refractivity contribution in [2.24, 2.45) is 5.14 Å². The molecular formula is C22H22ClN5O2S. The number of aromatic nitrogens is 2. The van der Waals surface area contributed by atoms with Crippen molar-refractivity contribution in [2.45, 2.75) is 36.6 Å². The van der Waals surface area contributed by atoms with Gasteiger partial charge in [-0.25, -0.2) is 23.5 Å². The van der Waals surface area contributed by atoms with Crippen LogP contribution < -0.4 is 15.4 Å². The van der Waals surface area contributed by atoms with Crippen molar-refractivity contribution in [3.63, 3.8) is 0 Å². The van der Waals surface area contributed by atoms with Crippen molar-refractivity contribution in [2.75, 3.05) is 16.8 Å². The number of nitrogens with two attached hydrogens (primary N) is 1. The summed E-state index contributed by atoms with van der Waals surface area (Å²) in [5.41, 5.74) is 2.95. The second kappa shape index (κ2) is 7.78. The van der Waals surface area contributed by atoms with Crippen molar-refractivity contribution in [3.8, 4) is 0 Å². The maximum absolute atomic E-state index is 11.8. The van der Waals surface area contributed by atoms with E-state index in [1.54, 1.807) is 12.1 Å². The molecule has 9 heteroatoms. The molecule has 5 rings (SSSR count). The van der Waals surface area contributed by atoms with Gasteiger partial charge in [-0.1, -0.05) is 23.7 Å². The number of hydrogen-bond acceptors (Lipinski definition) is 6. The molecule has 2 heterocycles. The SMILES string of the molecule is NS(=O)(=O)c1ccc2c(c1)CN(c1cc(Nc3cccc(Cl)c3)nc(C3CC3)n1)CC2. The van der Waals surface area contributed by atoms with Crippen LogP contribution in [0.5, 0.6) is 0 Å². The number of sulfonamides is 1. The highest BCUT2D eigenvalue weighted by Crippen LogP contribution is 2.39. The summed E-state index contributed by atoms with van der Waals surface area (Å²) in [4.78, 5) is 11.8. The number of anilines is 3. The van der Waals surface area contributed by atoms with E-state index in [1.165, 1.54) is 0 Å². The van der Waals surface area contributed by atoms with Gasteiger partial charge in [-0.2, -0.15) is 0 Å². The zero-order valence-electron chi connectivity index (χ0n) is 16.8. The van der Waals surface area contributed by atoms with Crippen LogP contribution in [0.25, 0.3) is 0 Å². The number of nitrogens with zero attached hydrogens (tertiary/aromatic N) is 3. The molecule has 160 valence electrons. The average molecular weight is 456 g/mol. The lowest BCUT2D eigenvalue weighted by Gasteiger charge is -2.30. The summed E-state index contributed by atoms with van der Waals surface area (Å²) in [5, 5.41) is 9.31. The first-order valence-corrected chi connectivity index (χ1v) is 12.1. The Labute approximate surface area is 186 Å². The van der Waals surface area contributed by atoms with E-state index in [4.69, 9.17) is 26.7 Å². The predicted molar refractivity (Wildman–Crippen MR) is 121 cm³/mol. The molecule has 2 aliphatic rings. The van der Waals surface area contributed by atoms with E-state index < -0.39 is 10.0 Å². The summed E-state index contributed by atoms with van der Waals surface area (Å²) < 4.78 is 23.5. The lowest BCUT2D eigenvalue weighted by molar-refractivity contribution is 0.597. The minimum absolute atomic E-state index is 0.137. The summed E-state index contributed by atoms with van der Waals surface area (Å²) in [7, 11) is -3.74. The first-order valence-electron chi connectivity index (χ1n) is 10.2. The molecule has 2 aromatic carbocycles. The normalized spacial score (nSPS) is 16.1.